The number of esters is 1. The lowest BCUT2D eigenvalue weighted by molar-refractivity contribution is -0.148. The SMILES string of the molecule is COC(=O)C1(NC(=O)c2ccc(-c3ccc(OC)cc3)cc2NC(=O)Nc2c(C)cc(C)cc2C)CCCCCC1. The number of urea groups is 1. The zero-order valence-corrected chi connectivity index (χ0v) is 24.5. The second-order valence-electron chi connectivity index (χ2n) is 10.8. The lowest BCUT2D eigenvalue weighted by atomic mass is 9.89. The molecule has 0 unspecified atom stereocenters. The van der Waals surface area contributed by atoms with Crippen molar-refractivity contribution in [1.29, 1.82) is 0 Å². The van der Waals surface area contributed by atoms with E-state index in [0.29, 0.717) is 24.2 Å². The fraction of sp³-hybridized carbons (Fsp3) is 0.364. The second-order valence-corrected chi connectivity index (χ2v) is 10.8. The van der Waals surface area contributed by atoms with Crippen LogP contribution in [0.5, 0.6) is 5.75 Å². The number of hydrogen-bond acceptors (Lipinski definition) is 5. The molecule has 0 atom stereocenters. The van der Waals surface area contributed by atoms with Gasteiger partial charge in [0.2, 0.25) is 0 Å². The quantitative estimate of drug-likeness (QED) is 0.216. The van der Waals surface area contributed by atoms with Crippen molar-refractivity contribution in [2.45, 2.75) is 64.8 Å². The molecule has 41 heavy (non-hydrogen) atoms. The van der Waals surface area contributed by atoms with Crippen LogP contribution in [0.1, 0.15) is 65.6 Å². The van der Waals surface area contributed by atoms with Crippen molar-refractivity contribution in [3.63, 3.8) is 0 Å². The molecule has 216 valence electrons. The predicted molar refractivity (Wildman–Crippen MR) is 162 cm³/mol. The molecular formula is C33H39N3O5. The molecule has 4 rings (SSSR count). The molecule has 0 saturated heterocycles. The van der Waals surface area contributed by atoms with Crippen molar-refractivity contribution >= 4 is 29.3 Å². The van der Waals surface area contributed by atoms with Gasteiger partial charge in [-0.25, -0.2) is 9.59 Å². The highest BCUT2D eigenvalue weighted by molar-refractivity contribution is 6.08. The van der Waals surface area contributed by atoms with E-state index in [-0.39, 0.29) is 5.56 Å². The molecule has 8 heteroatoms. The Morgan fingerprint density at radius 1 is 0.756 bits per heavy atom. The molecule has 0 aromatic heterocycles. The molecule has 3 amide bonds. The number of hydrogen-bond donors (Lipinski definition) is 3. The van der Waals surface area contributed by atoms with E-state index in [1.807, 2.05) is 63.2 Å². The number of nitrogens with one attached hydrogen (secondary N) is 3. The van der Waals surface area contributed by atoms with Crippen LogP contribution in [-0.2, 0) is 9.53 Å². The van der Waals surface area contributed by atoms with Crippen molar-refractivity contribution < 1.29 is 23.9 Å². The Labute approximate surface area is 241 Å². The summed E-state index contributed by atoms with van der Waals surface area (Å²) in [5.74, 6) is -0.167. The summed E-state index contributed by atoms with van der Waals surface area (Å²) in [6.07, 6.45) is 4.63. The normalized spacial score (nSPS) is 14.4. The molecule has 8 nitrogen and oxygen atoms in total. The average molecular weight is 558 g/mol. The second kappa shape index (κ2) is 12.9. The van der Waals surface area contributed by atoms with Crippen molar-refractivity contribution in [3.8, 4) is 16.9 Å². The minimum Gasteiger partial charge on any atom is -0.497 e. The fourth-order valence-corrected chi connectivity index (χ4v) is 5.65. The van der Waals surface area contributed by atoms with Gasteiger partial charge in [-0.1, -0.05) is 61.6 Å². The molecule has 0 spiro atoms. The highest BCUT2D eigenvalue weighted by atomic mass is 16.5. The maximum atomic E-state index is 13.8. The van der Waals surface area contributed by atoms with E-state index in [1.165, 1.54) is 7.11 Å². The van der Waals surface area contributed by atoms with Gasteiger partial charge >= 0.3 is 12.0 Å². The Hall–Kier alpha value is -4.33. The van der Waals surface area contributed by atoms with Crippen molar-refractivity contribution in [1.82, 2.24) is 5.32 Å². The van der Waals surface area contributed by atoms with Crippen LogP contribution in [0.2, 0.25) is 0 Å². The minimum atomic E-state index is -1.10. The van der Waals surface area contributed by atoms with Crippen LogP contribution in [0.25, 0.3) is 11.1 Å². The largest absolute Gasteiger partial charge is 0.497 e. The van der Waals surface area contributed by atoms with Gasteiger partial charge in [0, 0.05) is 5.69 Å². The summed E-state index contributed by atoms with van der Waals surface area (Å²) < 4.78 is 10.4. The van der Waals surface area contributed by atoms with E-state index in [2.05, 4.69) is 16.0 Å². The first-order chi connectivity index (χ1) is 19.7. The molecule has 3 aromatic carbocycles. The van der Waals surface area contributed by atoms with Gasteiger partial charge < -0.3 is 25.4 Å². The van der Waals surface area contributed by atoms with E-state index in [9.17, 15) is 14.4 Å². The first-order valence-electron chi connectivity index (χ1n) is 14.0. The van der Waals surface area contributed by atoms with Gasteiger partial charge in [0.1, 0.15) is 11.3 Å². The van der Waals surface area contributed by atoms with Crippen molar-refractivity contribution in [2.24, 2.45) is 0 Å². The zero-order chi connectivity index (χ0) is 29.6. The molecule has 1 aliphatic carbocycles. The van der Waals surface area contributed by atoms with Crippen LogP contribution in [0.15, 0.2) is 54.6 Å². The van der Waals surface area contributed by atoms with Crippen LogP contribution in [0, 0.1) is 20.8 Å². The maximum Gasteiger partial charge on any atom is 0.331 e. The van der Waals surface area contributed by atoms with Gasteiger partial charge in [-0.3, -0.25) is 4.79 Å². The van der Waals surface area contributed by atoms with E-state index in [4.69, 9.17) is 9.47 Å². The highest BCUT2D eigenvalue weighted by Gasteiger charge is 2.41. The van der Waals surface area contributed by atoms with Crippen LogP contribution in [0.4, 0.5) is 16.2 Å². The lowest BCUT2D eigenvalue weighted by Gasteiger charge is -2.31. The fourth-order valence-electron chi connectivity index (χ4n) is 5.65. The number of carbonyl (C=O) groups excluding carboxylic acids is 3. The van der Waals surface area contributed by atoms with Crippen LogP contribution < -0.4 is 20.7 Å². The Balaban J connectivity index is 1.69. The standard InChI is InChI=1S/C33H39N3O5/c1-21-18-22(2)29(23(3)19-21)35-32(39)34-28-20-25(24-10-13-26(40-4)14-11-24)12-15-27(28)30(37)36-33(31(38)41-5)16-8-6-7-9-17-33/h10-15,18-20H,6-9,16-17H2,1-5H3,(H,36,37)(H2,34,35,39). The number of benzene rings is 3. The van der Waals surface area contributed by atoms with Crippen molar-refractivity contribution in [2.75, 3.05) is 24.9 Å². The number of methoxy groups -OCH3 is 2. The molecule has 1 aliphatic rings. The number of amides is 3. The maximum absolute atomic E-state index is 13.8. The summed E-state index contributed by atoms with van der Waals surface area (Å²) >= 11 is 0. The van der Waals surface area contributed by atoms with Gasteiger partial charge in [0.15, 0.2) is 0 Å². The third-order valence-corrected chi connectivity index (χ3v) is 7.74. The van der Waals surface area contributed by atoms with Gasteiger partial charge in [0.25, 0.3) is 5.91 Å². The Bertz CT molecular complexity index is 1400. The molecule has 0 aliphatic heterocycles. The monoisotopic (exact) mass is 557 g/mol. The molecule has 0 bridgehead atoms. The number of rotatable bonds is 7. The van der Waals surface area contributed by atoms with E-state index in [0.717, 1.165) is 59.3 Å². The predicted octanol–water partition coefficient (Wildman–Crippen LogP) is 6.93. The van der Waals surface area contributed by atoms with Gasteiger partial charge in [0.05, 0.1) is 25.5 Å². The Kier molecular flexibility index (Phi) is 9.32. The van der Waals surface area contributed by atoms with Gasteiger partial charge in [-0.15, -0.1) is 0 Å². The first kappa shape index (κ1) is 29.6. The highest BCUT2D eigenvalue weighted by Crippen LogP contribution is 2.32. The van der Waals surface area contributed by atoms with Crippen LogP contribution in [0.3, 0.4) is 0 Å². The number of carbonyl (C=O) groups is 3. The van der Waals surface area contributed by atoms with Crippen molar-refractivity contribution in [3.05, 3.63) is 76.9 Å². The molecule has 1 saturated carbocycles. The third kappa shape index (κ3) is 6.88. The van der Waals surface area contributed by atoms with Gasteiger partial charge in [-0.2, -0.15) is 0 Å². The van der Waals surface area contributed by atoms with Crippen LogP contribution in [-0.4, -0.2) is 37.7 Å². The molecule has 0 radical (unpaired) electrons. The van der Waals surface area contributed by atoms with E-state index in [1.54, 1.807) is 19.2 Å². The summed E-state index contributed by atoms with van der Waals surface area (Å²) in [5, 5.41) is 8.84. The minimum absolute atomic E-state index is 0.252. The Morgan fingerprint density at radius 3 is 1.95 bits per heavy atom. The average Bonchev–Trinajstić information content (AvgIpc) is 3.20. The Morgan fingerprint density at radius 2 is 1.37 bits per heavy atom. The zero-order valence-electron chi connectivity index (χ0n) is 24.5. The molecule has 3 N–H and O–H groups in total. The molecule has 3 aromatic rings. The van der Waals surface area contributed by atoms with Crippen LogP contribution >= 0.6 is 0 Å². The lowest BCUT2D eigenvalue weighted by Crippen LogP contribution is -2.54. The molecular weight excluding hydrogens is 518 g/mol. The number of aryl methyl sites for hydroxylation is 3. The summed E-state index contributed by atoms with van der Waals surface area (Å²) in [4.78, 5) is 40.0. The van der Waals surface area contributed by atoms with Gasteiger partial charge in [-0.05, 0) is 80.1 Å². The summed E-state index contributed by atoms with van der Waals surface area (Å²) in [6.45, 7) is 5.89. The number of anilines is 2. The topological polar surface area (TPSA) is 106 Å². The smallest absolute Gasteiger partial charge is 0.331 e. The summed E-state index contributed by atoms with van der Waals surface area (Å²) in [7, 11) is 2.95. The summed E-state index contributed by atoms with van der Waals surface area (Å²) in [5.41, 5.74) is 4.87. The first-order valence-corrected chi connectivity index (χ1v) is 14.0. The number of ether oxygens (including phenoxy) is 2. The van der Waals surface area contributed by atoms with E-state index >= 15 is 0 Å². The summed E-state index contributed by atoms with van der Waals surface area (Å²) in [6, 6.07) is 16.3. The molecule has 0 heterocycles. The molecule has 1 fully saturated rings. The third-order valence-electron chi connectivity index (χ3n) is 7.74. The van der Waals surface area contributed by atoms with E-state index < -0.39 is 23.4 Å².